The number of carbonyl (C=O) groups excluding carboxylic acids is 2. The minimum atomic E-state index is -0.879. The second-order valence-electron chi connectivity index (χ2n) is 6.42. The van der Waals surface area contributed by atoms with Gasteiger partial charge in [-0.3, -0.25) is 9.59 Å². The lowest BCUT2D eigenvalue weighted by Gasteiger charge is -2.32. The first-order valence-corrected chi connectivity index (χ1v) is 7.87. The maximum Gasteiger partial charge on any atom is 0.174 e. The van der Waals surface area contributed by atoms with Crippen molar-refractivity contribution in [1.29, 1.82) is 0 Å². The lowest BCUT2D eigenvalue weighted by molar-refractivity contribution is 0.0800. The van der Waals surface area contributed by atoms with Crippen molar-refractivity contribution in [1.82, 2.24) is 4.98 Å². The van der Waals surface area contributed by atoms with E-state index in [1.165, 1.54) is 0 Å². The number of fused-ring (bicyclic) bond motifs is 2. The van der Waals surface area contributed by atoms with Crippen LogP contribution in [0, 0.1) is 0 Å². The van der Waals surface area contributed by atoms with Crippen molar-refractivity contribution in [2.75, 3.05) is 7.11 Å². The van der Waals surface area contributed by atoms with Crippen molar-refractivity contribution < 1.29 is 14.3 Å². The number of benzene rings is 2. The predicted molar refractivity (Wildman–Crippen MR) is 91.9 cm³/mol. The van der Waals surface area contributed by atoms with Gasteiger partial charge in [0.25, 0.3) is 0 Å². The van der Waals surface area contributed by atoms with Gasteiger partial charge in [0.15, 0.2) is 11.6 Å². The van der Waals surface area contributed by atoms with Crippen molar-refractivity contribution >= 4 is 22.5 Å². The van der Waals surface area contributed by atoms with Crippen LogP contribution in [0.1, 0.15) is 39.6 Å². The third-order valence-corrected chi connectivity index (χ3v) is 4.97. The molecule has 0 spiro atoms. The maximum atomic E-state index is 13.2. The number of nitrogens with one attached hydrogen (secondary N) is 1. The number of rotatable bonds is 2. The molecule has 0 saturated carbocycles. The molecule has 1 heterocycles. The summed E-state index contributed by atoms with van der Waals surface area (Å²) < 4.78 is 5.31. The number of aromatic nitrogens is 1. The van der Waals surface area contributed by atoms with Gasteiger partial charge in [0.1, 0.15) is 5.75 Å². The van der Waals surface area contributed by atoms with Crippen LogP contribution in [0.3, 0.4) is 0 Å². The average molecular weight is 319 g/mol. The number of hydrogen-bond acceptors (Lipinski definition) is 3. The number of Topliss-reactive ketones (excluding diaryl/α,β-unsaturated/α-hetero) is 2. The minimum absolute atomic E-state index is 0.00458. The van der Waals surface area contributed by atoms with Gasteiger partial charge < -0.3 is 9.72 Å². The lowest BCUT2D eigenvalue weighted by Crippen LogP contribution is -2.40. The van der Waals surface area contributed by atoms with E-state index in [1.54, 1.807) is 31.4 Å². The van der Waals surface area contributed by atoms with Crippen LogP contribution in [-0.4, -0.2) is 23.7 Å². The first-order valence-electron chi connectivity index (χ1n) is 7.87. The molecule has 0 aliphatic heterocycles. The van der Waals surface area contributed by atoms with Gasteiger partial charge in [0, 0.05) is 34.6 Å². The number of carbonyl (C=O) groups is 2. The number of aromatic amines is 1. The fraction of sp³-hybridized carbons (Fsp3) is 0.200. The van der Waals surface area contributed by atoms with Gasteiger partial charge in [-0.15, -0.1) is 0 Å². The van der Waals surface area contributed by atoms with Crippen molar-refractivity contribution in [3.05, 3.63) is 65.4 Å². The van der Waals surface area contributed by atoms with Crippen molar-refractivity contribution in [3.63, 3.8) is 0 Å². The van der Waals surface area contributed by atoms with Crippen LogP contribution < -0.4 is 4.74 Å². The Morgan fingerprint density at radius 3 is 2.58 bits per heavy atom. The van der Waals surface area contributed by atoms with Crippen molar-refractivity contribution in [2.24, 2.45) is 0 Å². The summed E-state index contributed by atoms with van der Waals surface area (Å²) in [5.41, 5.74) is 1.91. The van der Waals surface area contributed by atoms with Crippen LogP contribution in [0.4, 0.5) is 0 Å². The van der Waals surface area contributed by atoms with Gasteiger partial charge in [-0.25, -0.2) is 0 Å². The Bertz CT molecular complexity index is 985. The lowest BCUT2D eigenvalue weighted by atomic mass is 9.67. The topological polar surface area (TPSA) is 59.2 Å². The summed E-state index contributed by atoms with van der Waals surface area (Å²) in [6.45, 7) is 1.85. The third-order valence-electron chi connectivity index (χ3n) is 4.97. The van der Waals surface area contributed by atoms with Crippen LogP contribution in [0.15, 0.2) is 48.7 Å². The molecule has 0 bridgehead atoms. The highest BCUT2D eigenvalue weighted by atomic mass is 16.5. The number of ketones is 2. The predicted octanol–water partition coefficient (Wildman–Crippen LogP) is 3.90. The van der Waals surface area contributed by atoms with E-state index in [4.69, 9.17) is 4.74 Å². The Labute approximate surface area is 139 Å². The zero-order valence-electron chi connectivity index (χ0n) is 13.6. The molecule has 1 N–H and O–H groups in total. The Kier molecular flexibility index (Phi) is 3.10. The molecule has 1 atom stereocenters. The van der Waals surface area contributed by atoms with Gasteiger partial charge >= 0.3 is 0 Å². The van der Waals surface area contributed by atoms with Crippen LogP contribution in [-0.2, 0) is 5.41 Å². The smallest absolute Gasteiger partial charge is 0.174 e. The van der Waals surface area contributed by atoms with Crippen molar-refractivity contribution in [3.8, 4) is 5.75 Å². The molecule has 2 aromatic carbocycles. The quantitative estimate of drug-likeness (QED) is 0.779. The van der Waals surface area contributed by atoms with E-state index < -0.39 is 5.41 Å². The Hall–Kier alpha value is -2.88. The van der Waals surface area contributed by atoms with E-state index in [-0.39, 0.29) is 18.0 Å². The monoisotopic (exact) mass is 319 g/mol. The van der Waals surface area contributed by atoms with Gasteiger partial charge in [0.2, 0.25) is 0 Å². The van der Waals surface area contributed by atoms with Gasteiger partial charge in [0.05, 0.1) is 12.5 Å². The number of H-pyrrole nitrogens is 1. The van der Waals surface area contributed by atoms with E-state index >= 15 is 0 Å². The molecular weight excluding hydrogens is 302 g/mol. The van der Waals surface area contributed by atoms with E-state index in [0.717, 1.165) is 22.2 Å². The average Bonchev–Trinajstić information content (AvgIpc) is 3.03. The summed E-state index contributed by atoms with van der Waals surface area (Å²) in [6, 6.07) is 12.8. The summed E-state index contributed by atoms with van der Waals surface area (Å²) in [6.07, 6.45) is 2.01. The molecule has 1 aromatic heterocycles. The maximum absolute atomic E-state index is 13.2. The highest BCUT2D eigenvalue weighted by molar-refractivity contribution is 6.19. The molecule has 3 aromatic rings. The number of methoxy groups -OCH3 is 1. The Morgan fingerprint density at radius 1 is 1.08 bits per heavy atom. The molecule has 4 nitrogen and oxygen atoms in total. The largest absolute Gasteiger partial charge is 0.497 e. The van der Waals surface area contributed by atoms with Crippen LogP contribution in [0.5, 0.6) is 5.75 Å². The van der Waals surface area contributed by atoms with E-state index in [9.17, 15) is 9.59 Å². The van der Waals surface area contributed by atoms with Gasteiger partial charge in [-0.2, -0.15) is 0 Å². The van der Waals surface area contributed by atoms with Crippen LogP contribution in [0.2, 0.25) is 0 Å². The van der Waals surface area contributed by atoms with E-state index in [1.807, 2.05) is 31.3 Å². The first kappa shape index (κ1) is 14.7. The summed E-state index contributed by atoms with van der Waals surface area (Å²) in [5, 5.41) is 0.914. The van der Waals surface area contributed by atoms with Crippen LogP contribution in [0.25, 0.3) is 10.9 Å². The molecule has 0 radical (unpaired) electrons. The number of ether oxygens (including phenoxy) is 1. The molecule has 0 fully saturated rings. The first-order chi connectivity index (χ1) is 11.5. The molecule has 1 aliphatic carbocycles. The molecular formula is C20H17NO3. The molecule has 0 amide bonds. The Morgan fingerprint density at radius 2 is 1.83 bits per heavy atom. The molecule has 24 heavy (non-hydrogen) atoms. The summed E-state index contributed by atoms with van der Waals surface area (Å²) >= 11 is 0. The molecule has 1 aliphatic rings. The van der Waals surface area contributed by atoms with Gasteiger partial charge in [-0.1, -0.05) is 24.3 Å². The second kappa shape index (κ2) is 5.06. The highest BCUT2D eigenvalue weighted by Crippen LogP contribution is 2.41. The standard InChI is InChI=1S/C20H17NO3/c1-20(10-18(22)13-5-3-4-6-14(13)19(20)23)16-11-21-17-8-7-12(24-2)9-15(16)17/h3-9,11,21H,10H2,1-2H3. The fourth-order valence-electron chi connectivity index (χ4n) is 3.62. The zero-order valence-corrected chi connectivity index (χ0v) is 13.6. The second-order valence-corrected chi connectivity index (χ2v) is 6.42. The van der Waals surface area contributed by atoms with E-state index in [2.05, 4.69) is 4.98 Å². The summed E-state index contributed by atoms with van der Waals surface area (Å²) in [7, 11) is 1.61. The number of hydrogen-bond donors (Lipinski definition) is 1. The molecule has 120 valence electrons. The highest BCUT2D eigenvalue weighted by Gasteiger charge is 2.44. The molecule has 4 heteroatoms. The summed E-state index contributed by atoms with van der Waals surface area (Å²) in [4.78, 5) is 29.0. The molecule has 4 rings (SSSR count). The fourth-order valence-corrected chi connectivity index (χ4v) is 3.62. The van der Waals surface area contributed by atoms with Gasteiger partial charge in [-0.05, 0) is 30.7 Å². The summed E-state index contributed by atoms with van der Waals surface area (Å²) in [5.74, 6) is 0.716. The third kappa shape index (κ3) is 1.92. The Balaban J connectivity index is 1.93. The van der Waals surface area contributed by atoms with E-state index in [0.29, 0.717) is 11.1 Å². The van der Waals surface area contributed by atoms with Crippen molar-refractivity contribution in [2.45, 2.75) is 18.8 Å². The zero-order chi connectivity index (χ0) is 16.9. The minimum Gasteiger partial charge on any atom is -0.497 e. The normalized spacial score (nSPS) is 20.2. The molecule has 1 unspecified atom stereocenters. The SMILES string of the molecule is COc1ccc2[nH]cc(C3(C)CC(=O)c4ccccc4C3=O)c2c1. The molecule has 0 saturated heterocycles. The van der Waals surface area contributed by atoms with Crippen LogP contribution >= 0.6 is 0 Å².